The fourth-order valence-corrected chi connectivity index (χ4v) is 4.58. The second-order valence-corrected chi connectivity index (χ2v) is 9.32. The van der Waals surface area contributed by atoms with Gasteiger partial charge in [-0.1, -0.05) is 47.1 Å². The van der Waals surface area contributed by atoms with Crippen molar-refractivity contribution in [2.24, 2.45) is 5.92 Å². The Labute approximate surface area is 204 Å². The minimum Gasteiger partial charge on any atom is -0.511 e. The van der Waals surface area contributed by atoms with Crippen molar-refractivity contribution in [1.82, 2.24) is 4.98 Å². The molecule has 4 rings (SSSR count). The van der Waals surface area contributed by atoms with E-state index in [1.807, 2.05) is 71.9 Å². The standard InChI is InChI=1S/C29H29NO5/c1-15-7-9-21(18(4)11-15)26(31)24(28(32)35-27-19(5)12-17(3)13-20(27)6)25-29(33)34-23-10-8-16(2)14-22(23)30-25/h7-8,10-14,21,31H,9H2,1-6H3/b26-24+. The lowest BCUT2D eigenvalue weighted by atomic mass is 9.86. The maximum absolute atomic E-state index is 13.6. The zero-order valence-electron chi connectivity index (χ0n) is 20.9. The van der Waals surface area contributed by atoms with Gasteiger partial charge in [-0.25, -0.2) is 14.6 Å². The highest BCUT2D eigenvalue weighted by Crippen LogP contribution is 2.34. The molecule has 0 bridgehead atoms. The molecule has 6 heteroatoms. The Balaban J connectivity index is 1.91. The van der Waals surface area contributed by atoms with Crippen LogP contribution in [0.2, 0.25) is 0 Å². The summed E-state index contributed by atoms with van der Waals surface area (Å²) in [5, 5.41) is 11.4. The van der Waals surface area contributed by atoms with E-state index >= 15 is 0 Å². The van der Waals surface area contributed by atoms with Gasteiger partial charge in [-0.3, -0.25) is 0 Å². The fourth-order valence-electron chi connectivity index (χ4n) is 4.58. The zero-order valence-corrected chi connectivity index (χ0v) is 20.9. The van der Waals surface area contributed by atoms with Crippen LogP contribution in [0.5, 0.6) is 5.75 Å². The van der Waals surface area contributed by atoms with Gasteiger partial charge < -0.3 is 14.3 Å². The normalized spacial score (nSPS) is 16.5. The highest BCUT2D eigenvalue weighted by Gasteiger charge is 2.31. The van der Waals surface area contributed by atoms with Gasteiger partial charge in [0.15, 0.2) is 11.3 Å². The van der Waals surface area contributed by atoms with Crippen molar-refractivity contribution in [3.05, 3.63) is 97.8 Å². The number of fused-ring (bicyclic) bond motifs is 1. The summed E-state index contributed by atoms with van der Waals surface area (Å²) in [6.07, 6.45) is 4.41. The Kier molecular flexibility index (Phi) is 6.48. The summed E-state index contributed by atoms with van der Waals surface area (Å²) in [7, 11) is 0. The van der Waals surface area contributed by atoms with Crippen molar-refractivity contribution in [2.75, 3.05) is 0 Å². The highest BCUT2D eigenvalue weighted by molar-refractivity contribution is 6.17. The zero-order chi connectivity index (χ0) is 25.4. The summed E-state index contributed by atoms with van der Waals surface area (Å²) in [4.78, 5) is 31.1. The molecule has 3 aromatic rings. The first-order valence-electron chi connectivity index (χ1n) is 11.5. The molecule has 1 heterocycles. The molecule has 6 nitrogen and oxygen atoms in total. The van der Waals surface area contributed by atoms with E-state index in [-0.39, 0.29) is 17.0 Å². The molecule has 0 aliphatic heterocycles. The van der Waals surface area contributed by atoms with Crippen LogP contribution >= 0.6 is 0 Å². The molecule has 0 radical (unpaired) electrons. The number of aliphatic hydroxyl groups is 1. The van der Waals surface area contributed by atoms with E-state index in [0.29, 0.717) is 23.3 Å². The number of esters is 1. The van der Waals surface area contributed by atoms with E-state index < -0.39 is 17.5 Å². The SMILES string of the molecule is CC1=CCC(/C(O)=C(\C(=O)Oc2c(C)cc(C)cc2C)c2nc3cc(C)ccc3oc2=O)C(C)=C1. The lowest BCUT2D eigenvalue weighted by Crippen LogP contribution is -2.23. The van der Waals surface area contributed by atoms with Crippen molar-refractivity contribution in [3.8, 4) is 5.75 Å². The van der Waals surface area contributed by atoms with Crippen LogP contribution in [0, 0.1) is 33.6 Å². The largest absolute Gasteiger partial charge is 0.511 e. The van der Waals surface area contributed by atoms with E-state index in [0.717, 1.165) is 33.4 Å². The molecule has 1 aliphatic carbocycles. The average molecular weight is 472 g/mol. The van der Waals surface area contributed by atoms with Crippen LogP contribution in [0.1, 0.15) is 48.2 Å². The molecule has 0 amide bonds. The van der Waals surface area contributed by atoms with Crippen molar-refractivity contribution in [2.45, 2.75) is 48.0 Å². The third kappa shape index (κ3) is 4.83. The van der Waals surface area contributed by atoms with Gasteiger partial charge in [-0.2, -0.15) is 0 Å². The molecule has 35 heavy (non-hydrogen) atoms. The third-order valence-corrected chi connectivity index (χ3v) is 6.25. The molecule has 180 valence electrons. The molecule has 0 saturated carbocycles. The second-order valence-electron chi connectivity index (χ2n) is 9.32. The first-order valence-corrected chi connectivity index (χ1v) is 11.5. The number of carbonyl (C=O) groups is 1. The summed E-state index contributed by atoms with van der Waals surface area (Å²) in [6.45, 7) is 11.4. The molecule has 1 N–H and O–H groups in total. The third-order valence-electron chi connectivity index (χ3n) is 6.25. The molecule has 1 aliphatic rings. The number of hydrogen-bond acceptors (Lipinski definition) is 6. The first-order chi connectivity index (χ1) is 16.5. The Bertz CT molecular complexity index is 1480. The van der Waals surface area contributed by atoms with Crippen LogP contribution in [0.4, 0.5) is 0 Å². The molecule has 2 aromatic carbocycles. The van der Waals surface area contributed by atoms with E-state index in [4.69, 9.17) is 9.15 Å². The van der Waals surface area contributed by atoms with Crippen molar-refractivity contribution in [3.63, 3.8) is 0 Å². The van der Waals surface area contributed by atoms with Crippen LogP contribution in [0.15, 0.2) is 68.6 Å². The lowest BCUT2D eigenvalue weighted by molar-refractivity contribution is -0.128. The first kappa shape index (κ1) is 24.2. The highest BCUT2D eigenvalue weighted by atomic mass is 16.5. The maximum Gasteiger partial charge on any atom is 0.363 e. The summed E-state index contributed by atoms with van der Waals surface area (Å²) in [5.41, 5.74) is 4.78. The van der Waals surface area contributed by atoms with Gasteiger partial charge in [0.25, 0.3) is 0 Å². The summed E-state index contributed by atoms with van der Waals surface area (Å²) < 4.78 is 11.3. The number of carbonyl (C=O) groups excluding carboxylic acids is 1. The molecule has 1 atom stereocenters. The number of benzene rings is 2. The average Bonchev–Trinajstić information content (AvgIpc) is 2.77. The quantitative estimate of drug-likeness (QED) is 0.211. The van der Waals surface area contributed by atoms with Crippen LogP contribution in [0.3, 0.4) is 0 Å². The van der Waals surface area contributed by atoms with Crippen molar-refractivity contribution < 1.29 is 19.1 Å². The van der Waals surface area contributed by atoms with Gasteiger partial charge in [0.05, 0.1) is 0 Å². The van der Waals surface area contributed by atoms with Gasteiger partial charge in [0.1, 0.15) is 22.6 Å². The molecule has 0 saturated heterocycles. The number of nitrogens with zero attached hydrogens (tertiary/aromatic N) is 1. The maximum atomic E-state index is 13.6. The number of hydrogen-bond donors (Lipinski definition) is 1. The van der Waals surface area contributed by atoms with Crippen LogP contribution in [-0.2, 0) is 4.79 Å². The summed E-state index contributed by atoms with van der Waals surface area (Å²) in [6, 6.07) is 9.04. The number of ether oxygens (including phenoxy) is 1. The second kappa shape index (κ2) is 9.37. The van der Waals surface area contributed by atoms with Crippen LogP contribution in [-0.4, -0.2) is 16.1 Å². The lowest BCUT2D eigenvalue weighted by Gasteiger charge is -2.22. The summed E-state index contributed by atoms with van der Waals surface area (Å²) in [5.74, 6) is -1.22. The molecule has 1 unspecified atom stereocenters. The number of aromatic nitrogens is 1. The number of aryl methyl sites for hydroxylation is 4. The van der Waals surface area contributed by atoms with Crippen LogP contribution in [0.25, 0.3) is 16.7 Å². The predicted molar refractivity (Wildman–Crippen MR) is 136 cm³/mol. The monoisotopic (exact) mass is 471 g/mol. The van der Waals surface area contributed by atoms with Gasteiger partial charge in [-0.05, 0) is 76.8 Å². The van der Waals surface area contributed by atoms with E-state index in [1.165, 1.54) is 0 Å². The van der Waals surface area contributed by atoms with Gasteiger partial charge >= 0.3 is 11.6 Å². The minimum atomic E-state index is -0.858. The van der Waals surface area contributed by atoms with Gasteiger partial charge in [0, 0.05) is 5.92 Å². The van der Waals surface area contributed by atoms with Gasteiger partial charge in [-0.15, -0.1) is 0 Å². The molecule has 0 fully saturated rings. The van der Waals surface area contributed by atoms with Gasteiger partial charge in [0.2, 0.25) is 0 Å². The Hall–Kier alpha value is -3.93. The Morgan fingerprint density at radius 3 is 2.37 bits per heavy atom. The van der Waals surface area contributed by atoms with Crippen molar-refractivity contribution in [1.29, 1.82) is 0 Å². The minimum absolute atomic E-state index is 0.262. The molecular formula is C29H29NO5. The van der Waals surface area contributed by atoms with E-state index in [1.54, 1.807) is 12.1 Å². The topological polar surface area (TPSA) is 89.6 Å². The predicted octanol–water partition coefficient (Wildman–Crippen LogP) is 6.21. The fraction of sp³-hybridized carbons (Fsp3) is 0.276. The van der Waals surface area contributed by atoms with Crippen molar-refractivity contribution >= 4 is 22.6 Å². The molecule has 1 aromatic heterocycles. The Morgan fingerprint density at radius 2 is 1.71 bits per heavy atom. The Morgan fingerprint density at radius 1 is 1.03 bits per heavy atom. The number of aliphatic hydroxyl groups excluding tert-OH is 1. The number of allylic oxidation sites excluding steroid dienone is 4. The summed E-state index contributed by atoms with van der Waals surface area (Å²) >= 11 is 0. The molecule has 0 spiro atoms. The molecular weight excluding hydrogens is 442 g/mol. The van der Waals surface area contributed by atoms with E-state index in [2.05, 4.69) is 4.98 Å². The van der Waals surface area contributed by atoms with Crippen LogP contribution < -0.4 is 10.4 Å². The van der Waals surface area contributed by atoms with E-state index in [9.17, 15) is 14.7 Å². The number of rotatable bonds is 4. The smallest absolute Gasteiger partial charge is 0.363 e.